The fourth-order valence-electron chi connectivity index (χ4n) is 3.54. The fraction of sp³-hybridized carbons (Fsp3) is 0.120. The van der Waals surface area contributed by atoms with Crippen LogP contribution in [-0.2, 0) is 9.53 Å². The van der Waals surface area contributed by atoms with Gasteiger partial charge in [-0.15, -0.1) is 0 Å². The molecule has 7 nitrogen and oxygen atoms in total. The number of benzene rings is 3. The zero-order valence-corrected chi connectivity index (χ0v) is 18.3. The minimum absolute atomic E-state index is 0.0554. The normalized spacial score (nSPS) is 13.5. The fourth-order valence-corrected chi connectivity index (χ4v) is 3.76. The highest BCUT2D eigenvalue weighted by molar-refractivity contribution is 6.39. The number of anilines is 1. The molecular weight excluding hydrogens is 444 g/mol. The first-order valence-electron chi connectivity index (χ1n) is 10.2. The molecule has 166 valence electrons. The molecule has 0 aliphatic carbocycles. The molecule has 0 spiro atoms. The minimum Gasteiger partial charge on any atom is -0.452 e. The number of para-hydroxylation sites is 1. The summed E-state index contributed by atoms with van der Waals surface area (Å²) in [6.45, 7) is 1.34. The highest BCUT2D eigenvalue weighted by Crippen LogP contribution is 2.33. The summed E-state index contributed by atoms with van der Waals surface area (Å²) in [6, 6.07) is 19.7. The Morgan fingerprint density at radius 1 is 0.939 bits per heavy atom. The van der Waals surface area contributed by atoms with E-state index in [-0.39, 0.29) is 33.4 Å². The van der Waals surface area contributed by atoms with E-state index in [0.29, 0.717) is 0 Å². The number of carbonyl (C=O) groups excluding carboxylic acids is 4. The van der Waals surface area contributed by atoms with Crippen molar-refractivity contribution in [2.75, 3.05) is 11.5 Å². The molecule has 1 atom stereocenters. The van der Waals surface area contributed by atoms with Crippen LogP contribution in [0.2, 0.25) is 5.02 Å². The van der Waals surface area contributed by atoms with Crippen molar-refractivity contribution < 1.29 is 23.9 Å². The van der Waals surface area contributed by atoms with E-state index in [1.807, 2.05) is 37.3 Å². The van der Waals surface area contributed by atoms with Gasteiger partial charge in [0.2, 0.25) is 0 Å². The van der Waals surface area contributed by atoms with Crippen molar-refractivity contribution in [3.05, 3.63) is 100 Å². The van der Waals surface area contributed by atoms with Gasteiger partial charge in [-0.05, 0) is 42.8 Å². The summed E-state index contributed by atoms with van der Waals surface area (Å²) in [6.07, 6.45) is 0. The highest BCUT2D eigenvalue weighted by atomic mass is 35.5. The lowest BCUT2D eigenvalue weighted by molar-refractivity contribution is -0.124. The topological polar surface area (TPSA) is 92.8 Å². The summed E-state index contributed by atoms with van der Waals surface area (Å²) in [7, 11) is 0. The van der Waals surface area contributed by atoms with Crippen LogP contribution in [0.5, 0.6) is 0 Å². The lowest BCUT2D eigenvalue weighted by atomic mass is 10.1. The molecule has 1 N–H and O–H groups in total. The standard InChI is InChI=1S/C25H19ClN2O5/c1-15(16-7-3-2-4-8-16)27-22(29)14-33-25(32)17-11-12-18-19(13-17)24(31)28(23(18)30)21-10-6-5-9-20(21)26/h2-13,15H,14H2,1H3,(H,27,29)/t15-/m1/s1. The highest BCUT2D eigenvalue weighted by Gasteiger charge is 2.38. The van der Waals surface area contributed by atoms with Crippen molar-refractivity contribution in [1.29, 1.82) is 0 Å². The Morgan fingerprint density at radius 2 is 1.61 bits per heavy atom. The molecule has 0 bridgehead atoms. The maximum absolute atomic E-state index is 12.9. The lowest BCUT2D eigenvalue weighted by Gasteiger charge is -2.15. The molecule has 33 heavy (non-hydrogen) atoms. The average Bonchev–Trinajstić information content (AvgIpc) is 3.07. The Balaban J connectivity index is 1.43. The number of imide groups is 1. The van der Waals surface area contributed by atoms with Gasteiger partial charge < -0.3 is 10.1 Å². The number of hydrogen-bond acceptors (Lipinski definition) is 5. The molecule has 0 saturated heterocycles. The van der Waals surface area contributed by atoms with E-state index in [1.54, 1.807) is 24.3 Å². The van der Waals surface area contributed by atoms with E-state index in [1.165, 1.54) is 18.2 Å². The minimum atomic E-state index is -0.781. The van der Waals surface area contributed by atoms with E-state index < -0.39 is 30.3 Å². The van der Waals surface area contributed by atoms with Gasteiger partial charge in [-0.3, -0.25) is 14.4 Å². The molecule has 3 aromatic rings. The third-order valence-electron chi connectivity index (χ3n) is 5.23. The number of esters is 1. The summed E-state index contributed by atoms with van der Waals surface area (Å²) in [5.74, 6) is -2.36. The van der Waals surface area contributed by atoms with Crippen LogP contribution in [0.1, 0.15) is 49.6 Å². The quantitative estimate of drug-likeness (QED) is 0.438. The second-order valence-corrected chi connectivity index (χ2v) is 7.84. The molecule has 1 aliphatic heterocycles. The van der Waals surface area contributed by atoms with Crippen LogP contribution < -0.4 is 10.2 Å². The Labute approximate surface area is 194 Å². The van der Waals surface area contributed by atoms with Gasteiger partial charge in [-0.1, -0.05) is 54.1 Å². The third kappa shape index (κ3) is 4.49. The molecule has 3 aromatic carbocycles. The summed E-state index contributed by atoms with van der Waals surface area (Å²) in [5.41, 5.74) is 1.46. The molecule has 0 radical (unpaired) electrons. The number of fused-ring (bicyclic) bond motifs is 1. The predicted molar refractivity (Wildman–Crippen MR) is 122 cm³/mol. The third-order valence-corrected chi connectivity index (χ3v) is 5.55. The average molecular weight is 463 g/mol. The molecule has 1 heterocycles. The van der Waals surface area contributed by atoms with Gasteiger partial charge in [0.15, 0.2) is 6.61 Å². The Hall–Kier alpha value is -3.97. The number of hydrogen-bond donors (Lipinski definition) is 1. The van der Waals surface area contributed by atoms with E-state index in [0.717, 1.165) is 10.5 Å². The maximum atomic E-state index is 12.9. The van der Waals surface area contributed by atoms with Gasteiger partial charge in [-0.25, -0.2) is 9.69 Å². The first-order valence-corrected chi connectivity index (χ1v) is 10.5. The van der Waals surface area contributed by atoms with Crippen LogP contribution in [0.4, 0.5) is 5.69 Å². The Kier molecular flexibility index (Phi) is 6.24. The van der Waals surface area contributed by atoms with Crippen molar-refractivity contribution in [1.82, 2.24) is 5.32 Å². The zero-order chi connectivity index (χ0) is 23.5. The largest absolute Gasteiger partial charge is 0.452 e. The summed E-state index contributed by atoms with van der Waals surface area (Å²) >= 11 is 6.15. The van der Waals surface area contributed by atoms with Gasteiger partial charge in [-0.2, -0.15) is 0 Å². The Bertz CT molecular complexity index is 1260. The van der Waals surface area contributed by atoms with Crippen LogP contribution in [0.3, 0.4) is 0 Å². The summed E-state index contributed by atoms with van der Waals surface area (Å²) in [4.78, 5) is 51.2. The van der Waals surface area contributed by atoms with E-state index in [4.69, 9.17) is 16.3 Å². The van der Waals surface area contributed by atoms with Crippen molar-refractivity contribution in [3.8, 4) is 0 Å². The van der Waals surface area contributed by atoms with Crippen LogP contribution in [0.25, 0.3) is 0 Å². The van der Waals surface area contributed by atoms with E-state index >= 15 is 0 Å². The number of carbonyl (C=O) groups is 4. The van der Waals surface area contributed by atoms with Crippen LogP contribution in [-0.4, -0.2) is 30.3 Å². The van der Waals surface area contributed by atoms with Crippen LogP contribution in [0.15, 0.2) is 72.8 Å². The summed E-state index contributed by atoms with van der Waals surface area (Å²) < 4.78 is 5.10. The van der Waals surface area contributed by atoms with E-state index in [2.05, 4.69) is 5.32 Å². The second-order valence-electron chi connectivity index (χ2n) is 7.43. The van der Waals surface area contributed by atoms with Gasteiger partial charge in [0, 0.05) is 0 Å². The molecule has 0 fully saturated rings. The molecule has 1 aliphatic rings. The molecule has 3 amide bonds. The second kappa shape index (κ2) is 9.26. The van der Waals surface area contributed by atoms with Crippen LogP contribution in [0, 0.1) is 0 Å². The van der Waals surface area contributed by atoms with Gasteiger partial charge in [0.1, 0.15) is 0 Å². The van der Waals surface area contributed by atoms with Gasteiger partial charge >= 0.3 is 5.97 Å². The first-order chi connectivity index (χ1) is 15.9. The first kappa shape index (κ1) is 22.2. The predicted octanol–water partition coefficient (Wildman–Crippen LogP) is 4.17. The number of amides is 3. The van der Waals surface area contributed by atoms with Gasteiger partial charge in [0.05, 0.1) is 33.4 Å². The zero-order valence-electron chi connectivity index (χ0n) is 17.6. The monoisotopic (exact) mass is 462 g/mol. The number of halogens is 1. The number of ether oxygens (including phenoxy) is 1. The molecule has 4 rings (SSSR count). The smallest absolute Gasteiger partial charge is 0.338 e. The Morgan fingerprint density at radius 3 is 2.33 bits per heavy atom. The molecule has 0 aromatic heterocycles. The molecule has 8 heteroatoms. The lowest BCUT2D eigenvalue weighted by Crippen LogP contribution is -2.31. The number of nitrogens with one attached hydrogen (secondary N) is 1. The molecule has 0 saturated carbocycles. The number of nitrogens with zero attached hydrogens (tertiary/aromatic N) is 1. The SMILES string of the molecule is C[C@@H](NC(=O)COC(=O)c1ccc2c(c1)C(=O)N(c1ccccc1Cl)C2=O)c1ccccc1. The van der Waals surface area contributed by atoms with Crippen molar-refractivity contribution in [3.63, 3.8) is 0 Å². The molecular formula is C25H19ClN2O5. The molecule has 0 unspecified atom stereocenters. The maximum Gasteiger partial charge on any atom is 0.338 e. The van der Waals surface area contributed by atoms with Crippen LogP contribution >= 0.6 is 11.6 Å². The van der Waals surface area contributed by atoms with Crippen molar-refractivity contribution >= 4 is 41.0 Å². The van der Waals surface area contributed by atoms with Crippen molar-refractivity contribution in [2.24, 2.45) is 0 Å². The van der Waals surface area contributed by atoms with E-state index in [9.17, 15) is 19.2 Å². The number of rotatable bonds is 6. The van der Waals surface area contributed by atoms with Crippen molar-refractivity contribution in [2.45, 2.75) is 13.0 Å². The van der Waals surface area contributed by atoms with Gasteiger partial charge in [0.25, 0.3) is 17.7 Å². The summed E-state index contributed by atoms with van der Waals surface area (Å²) in [5, 5.41) is 3.00.